The van der Waals surface area contributed by atoms with Crippen LogP contribution in [0.25, 0.3) is 0 Å². The smallest absolute Gasteiger partial charge is 0.311 e. The number of halogens is 5. The average Bonchev–Trinajstić information content (AvgIpc) is 3.32. The lowest BCUT2D eigenvalue weighted by Gasteiger charge is -2.26. The molecule has 0 aliphatic carbocycles. The van der Waals surface area contributed by atoms with Crippen molar-refractivity contribution in [1.29, 1.82) is 0 Å². The molecule has 3 aromatic carbocycles. The highest BCUT2D eigenvalue weighted by molar-refractivity contribution is 7.17. The molecule has 0 amide bonds. The van der Waals surface area contributed by atoms with Gasteiger partial charge in [0, 0.05) is 58.0 Å². The van der Waals surface area contributed by atoms with Crippen molar-refractivity contribution in [3.8, 4) is 10.8 Å². The number of carbonyl (C=O) groups is 1. The van der Waals surface area contributed by atoms with Gasteiger partial charge in [0.25, 0.3) is 0 Å². The Balaban J connectivity index is 1.68. The second kappa shape index (κ2) is 17.5. The van der Waals surface area contributed by atoms with Crippen LogP contribution >= 0.6 is 69.3 Å². The maximum absolute atomic E-state index is 11.7. The number of thiazole rings is 1. The number of nitrogens with zero attached hydrogens (tertiary/aromatic N) is 4. The molecule has 8 nitrogen and oxygen atoms in total. The van der Waals surface area contributed by atoms with Crippen LogP contribution in [0.2, 0.25) is 25.2 Å². The van der Waals surface area contributed by atoms with Gasteiger partial charge in [-0.1, -0.05) is 90.1 Å². The molecular formula is C32H31Cl5N4O4S. The first-order valence-electron chi connectivity index (χ1n) is 14.3. The molecule has 14 heteroatoms. The van der Waals surface area contributed by atoms with Crippen molar-refractivity contribution < 1.29 is 19.0 Å². The lowest BCUT2D eigenvalue weighted by atomic mass is 10.1. The topological polar surface area (TPSA) is 85.6 Å². The van der Waals surface area contributed by atoms with Crippen LogP contribution in [0.15, 0.2) is 64.8 Å². The van der Waals surface area contributed by atoms with E-state index < -0.39 is 5.97 Å². The van der Waals surface area contributed by atoms with Gasteiger partial charge in [0.1, 0.15) is 18.0 Å². The van der Waals surface area contributed by atoms with Crippen molar-refractivity contribution in [1.82, 2.24) is 4.98 Å². The van der Waals surface area contributed by atoms with E-state index in [0.717, 1.165) is 28.2 Å². The van der Waals surface area contributed by atoms with Crippen molar-refractivity contribution in [3.63, 3.8) is 0 Å². The third-order valence-electron chi connectivity index (χ3n) is 6.12. The lowest BCUT2D eigenvalue weighted by molar-refractivity contribution is -0.133. The van der Waals surface area contributed by atoms with Crippen LogP contribution in [-0.4, -0.2) is 30.8 Å². The predicted molar refractivity (Wildman–Crippen MR) is 188 cm³/mol. The number of azo groups is 1. The first-order valence-corrected chi connectivity index (χ1v) is 17.0. The molecule has 46 heavy (non-hydrogen) atoms. The van der Waals surface area contributed by atoms with Crippen LogP contribution in [0.3, 0.4) is 0 Å². The Hall–Kier alpha value is -2.63. The number of anilines is 1. The number of hydrogen-bond donors (Lipinski definition) is 0. The Morgan fingerprint density at radius 2 is 1.48 bits per heavy atom. The maximum atomic E-state index is 11.7. The van der Waals surface area contributed by atoms with E-state index in [1.807, 2.05) is 36.4 Å². The van der Waals surface area contributed by atoms with Gasteiger partial charge in [-0.05, 0) is 65.6 Å². The minimum absolute atomic E-state index is 0.0350. The van der Waals surface area contributed by atoms with Crippen LogP contribution in [0, 0.1) is 5.92 Å². The van der Waals surface area contributed by atoms with Gasteiger partial charge in [0.15, 0.2) is 5.15 Å². The largest absolute Gasteiger partial charge is 0.489 e. The Kier molecular flexibility index (Phi) is 13.8. The van der Waals surface area contributed by atoms with Crippen molar-refractivity contribution in [3.05, 3.63) is 91.0 Å². The molecule has 1 heterocycles. The first-order chi connectivity index (χ1) is 22.0. The number of aromatic nitrogens is 1. The predicted octanol–water partition coefficient (Wildman–Crippen LogP) is 11.4. The molecule has 244 valence electrons. The van der Waals surface area contributed by atoms with Gasteiger partial charge in [0.05, 0.1) is 6.61 Å². The van der Waals surface area contributed by atoms with E-state index in [-0.39, 0.29) is 28.4 Å². The summed E-state index contributed by atoms with van der Waals surface area (Å²) in [5, 5.41) is 11.2. The number of rotatable bonds is 15. The van der Waals surface area contributed by atoms with Gasteiger partial charge in [-0.3, -0.25) is 4.79 Å². The molecule has 0 saturated heterocycles. The highest BCUT2D eigenvalue weighted by atomic mass is 35.5. The molecule has 0 saturated carbocycles. The molecular weight excluding hydrogens is 714 g/mol. The van der Waals surface area contributed by atoms with E-state index in [0.29, 0.717) is 63.7 Å². The Bertz CT molecular complexity index is 1590. The van der Waals surface area contributed by atoms with E-state index in [1.54, 1.807) is 25.1 Å². The van der Waals surface area contributed by atoms with Crippen LogP contribution in [-0.2, 0) is 22.6 Å². The summed E-state index contributed by atoms with van der Waals surface area (Å²) in [6.45, 7) is 8.05. The van der Waals surface area contributed by atoms with Crippen LogP contribution in [0.5, 0.6) is 10.8 Å². The quantitative estimate of drug-likeness (QED) is 0.0684. The summed E-state index contributed by atoms with van der Waals surface area (Å²) in [4.78, 5) is 18.0. The average molecular weight is 745 g/mol. The van der Waals surface area contributed by atoms with Crippen molar-refractivity contribution in [2.75, 3.05) is 24.7 Å². The third kappa shape index (κ3) is 11.3. The first kappa shape index (κ1) is 36.2. The van der Waals surface area contributed by atoms with Crippen LogP contribution in [0.4, 0.5) is 16.5 Å². The third-order valence-corrected chi connectivity index (χ3v) is 8.18. The number of benzene rings is 3. The zero-order chi connectivity index (χ0) is 33.2. The second-order valence-electron chi connectivity index (χ2n) is 10.5. The SMILES string of the molecule is CCC(=O)Oc1sc(N=Nc2ccc(N(Cc3cc(Cl)cc(Cl)c3)Cc3cc(Cl)cc(Cl)c3)cc2OCCOCC(C)C)nc1Cl. The monoisotopic (exact) mass is 742 g/mol. The minimum atomic E-state index is -0.426. The highest BCUT2D eigenvalue weighted by Gasteiger charge is 2.16. The van der Waals surface area contributed by atoms with Gasteiger partial charge in [-0.25, -0.2) is 4.98 Å². The maximum Gasteiger partial charge on any atom is 0.311 e. The van der Waals surface area contributed by atoms with Crippen molar-refractivity contribution in [2.45, 2.75) is 40.3 Å². The molecule has 4 rings (SSSR count). The molecule has 0 bridgehead atoms. The second-order valence-corrected chi connectivity index (χ2v) is 13.5. The minimum Gasteiger partial charge on any atom is -0.489 e. The normalized spacial score (nSPS) is 11.4. The van der Waals surface area contributed by atoms with Gasteiger partial charge in [0.2, 0.25) is 10.2 Å². The summed E-state index contributed by atoms with van der Waals surface area (Å²) in [7, 11) is 0. The van der Waals surface area contributed by atoms with Crippen molar-refractivity contribution >= 4 is 91.8 Å². The Morgan fingerprint density at radius 1 is 0.870 bits per heavy atom. The summed E-state index contributed by atoms with van der Waals surface area (Å²) in [6, 6.07) is 16.4. The molecule has 0 aliphatic heterocycles. The number of esters is 1. The summed E-state index contributed by atoms with van der Waals surface area (Å²) >= 11 is 32.5. The summed E-state index contributed by atoms with van der Waals surface area (Å²) < 4.78 is 17.1. The standard InChI is InChI=1S/C32H31Cl5N4O4S/c1-4-29(42)45-31-30(37)38-32(46-31)40-39-27-6-5-26(15-28(27)44-8-7-43-18-19(2)3)41(16-20-9-22(33)13-23(34)10-20)17-21-11-24(35)14-25(36)12-21/h5-6,9-15,19H,4,7-8,16-18H2,1-3H3. The molecule has 1 aromatic heterocycles. The fourth-order valence-electron chi connectivity index (χ4n) is 4.17. The summed E-state index contributed by atoms with van der Waals surface area (Å²) in [5.41, 5.74) is 3.07. The van der Waals surface area contributed by atoms with E-state index in [4.69, 9.17) is 72.2 Å². The molecule has 0 atom stereocenters. The zero-order valence-electron chi connectivity index (χ0n) is 25.2. The van der Waals surface area contributed by atoms with E-state index in [1.165, 1.54) is 0 Å². The lowest BCUT2D eigenvalue weighted by Crippen LogP contribution is -2.22. The molecule has 0 N–H and O–H groups in total. The summed E-state index contributed by atoms with van der Waals surface area (Å²) in [5.74, 6) is 0.436. The zero-order valence-corrected chi connectivity index (χ0v) is 29.8. The molecule has 4 aromatic rings. The number of ether oxygens (including phenoxy) is 3. The number of carbonyl (C=O) groups excluding carboxylic acids is 1. The van der Waals surface area contributed by atoms with E-state index >= 15 is 0 Å². The fraction of sp³-hybridized carbons (Fsp3) is 0.312. The number of hydrogen-bond acceptors (Lipinski definition) is 9. The Morgan fingerprint density at radius 3 is 2.04 bits per heavy atom. The van der Waals surface area contributed by atoms with Gasteiger partial charge in [-0.2, -0.15) is 0 Å². The highest BCUT2D eigenvalue weighted by Crippen LogP contribution is 2.39. The van der Waals surface area contributed by atoms with E-state index in [9.17, 15) is 4.79 Å². The van der Waals surface area contributed by atoms with E-state index in [2.05, 4.69) is 34.0 Å². The van der Waals surface area contributed by atoms with Gasteiger partial charge in [-0.15, -0.1) is 10.2 Å². The molecule has 0 fully saturated rings. The fourth-order valence-corrected chi connectivity index (χ4v) is 6.24. The van der Waals surface area contributed by atoms with Gasteiger partial charge >= 0.3 is 5.97 Å². The van der Waals surface area contributed by atoms with Crippen LogP contribution in [0.1, 0.15) is 38.3 Å². The molecule has 0 spiro atoms. The van der Waals surface area contributed by atoms with Crippen molar-refractivity contribution in [2.24, 2.45) is 16.1 Å². The summed E-state index contributed by atoms with van der Waals surface area (Å²) in [6.07, 6.45) is 0.199. The Labute approximate surface area is 297 Å². The van der Waals surface area contributed by atoms with Gasteiger partial charge < -0.3 is 19.1 Å². The molecule has 0 radical (unpaired) electrons. The molecule has 0 unspecified atom stereocenters. The molecule has 0 aliphatic rings. The van der Waals surface area contributed by atoms with Crippen LogP contribution < -0.4 is 14.4 Å².